The molecule has 5 heteroatoms. The van der Waals surface area contributed by atoms with Crippen molar-refractivity contribution >= 4 is 5.97 Å². The molecule has 1 atom stereocenters. The number of carbonyl (C=O) groups excluding carboxylic acids is 1. The Kier molecular flexibility index (Phi) is 5.19. The summed E-state index contributed by atoms with van der Waals surface area (Å²) in [6.45, 7) is 12.7. The first-order chi connectivity index (χ1) is 9.40. The summed E-state index contributed by atoms with van der Waals surface area (Å²) in [6.07, 6.45) is 1.59. The van der Waals surface area contributed by atoms with E-state index in [4.69, 9.17) is 4.74 Å². The number of hydrogen-bond acceptors (Lipinski definition) is 3. The number of hydrogen-bond donors (Lipinski definition) is 0. The van der Waals surface area contributed by atoms with E-state index < -0.39 is 23.2 Å². The molecular weight excluding hydrogens is 276 g/mol. The van der Waals surface area contributed by atoms with E-state index >= 15 is 0 Å². The Labute approximate surface area is 126 Å². The zero-order valence-electron chi connectivity index (χ0n) is 13.7. The van der Waals surface area contributed by atoms with Crippen LogP contribution >= 0.6 is 0 Å². The van der Waals surface area contributed by atoms with Crippen LogP contribution in [0.1, 0.15) is 41.0 Å². The van der Waals surface area contributed by atoms with Crippen molar-refractivity contribution in [3.63, 3.8) is 0 Å². The molecule has 0 aromatic rings. The molecular formula is C16H27F2NO2. The molecule has 0 aromatic carbocycles. The first kappa shape index (κ1) is 18.1. The first-order valence-corrected chi connectivity index (χ1v) is 7.31. The number of ether oxygens (including phenoxy) is 1. The molecule has 122 valence electrons. The van der Waals surface area contributed by atoms with Crippen LogP contribution in [-0.2, 0) is 9.53 Å². The Bertz CT molecular complexity index is 400. The highest BCUT2D eigenvalue weighted by atomic mass is 19.3. The largest absolute Gasteiger partial charge is 0.461 e. The normalized spacial score (nSPS) is 23.1. The Morgan fingerprint density at radius 1 is 1.38 bits per heavy atom. The van der Waals surface area contributed by atoms with E-state index in [1.807, 2.05) is 20.8 Å². The zero-order chi connectivity index (χ0) is 16.5. The molecule has 0 radical (unpaired) electrons. The Morgan fingerprint density at radius 2 is 1.95 bits per heavy atom. The summed E-state index contributed by atoms with van der Waals surface area (Å²) in [5, 5.41) is 0. The summed E-state index contributed by atoms with van der Waals surface area (Å²) in [5.41, 5.74) is -1.23. The summed E-state index contributed by atoms with van der Waals surface area (Å²) in [4.78, 5) is 13.8. The third kappa shape index (κ3) is 4.50. The number of rotatable bonds is 5. The lowest BCUT2D eigenvalue weighted by Gasteiger charge is -2.31. The minimum Gasteiger partial charge on any atom is -0.461 e. The number of alkyl halides is 2. The Balaban J connectivity index is 2.77. The van der Waals surface area contributed by atoms with Gasteiger partial charge in [-0.25, -0.2) is 8.78 Å². The van der Waals surface area contributed by atoms with Crippen molar-refractivity contribution in [2.24, 2.45) is 11.3 Å². The van der Waals surface area contributed by atoms with Crippen molar-refractivity contribution in [2.75, 3.05) is 19.7 Å². The predicted molar refractivity (Wildman–Crippen MR) is 79.3 cm³/mol. The maximum atomic E-state index is 14.2. The maximum Gasteiger partial charge on any atom is 0.311 e. The number of likely N-dealkylation sites (tertiary alicyclic amines) is 1. The van der Waals surface area contributed by atoms with Crippen LogP contribution in [0.5, 0.6) is 0 Å². The van der Waals surface area contributed by atoms with E-state index in [0.29, 0.717) is 6.54 Å². The van der Waals surface area contributed by atoms with Crippen molar-refractivity contribution in [2.45, 2.75) is 52.5 Å². The highest BCUT2D eigenvalue weighted by Crippen LogP contribution is 2.42. The van der Waals surface area contributed by atoms with Gasteiger partial charge in [-0.3, -0.25) is 9.69 Å². The molecule has 1 aliphatic heterocycles. The number of nitrogens with zero attached hydrogens (tertiary/aromatic N) is 1. The van der Waals surface area contributed by atoms with Gasteiger partial charge in [-0.2, -0.15) is 0 Å². The lowest BCUT2D eigenvalue weighted by molar-refractivity contribution is -0.155. The summed E-state index contributed by atoms with van der Waals surface area (Å²) in [7, 11) is 0. The average Bonchev–Trinajstić information content (AvgIpc) is 2.61. The number of esters is 1. The third-order valence-electron chi connectivity index (χ3n) is 4.03. The van der Waals surface area contributed by atoms with E-state index in [-0.39, 0.29) is 25.1 Å². The fraction of sp³-hybridized carbons (Fsp3) is 0.812. The van der Waals surface area contributed by atoms with Crippen LogP contribution in [0.3, 0.4) is 0 Å². The fourth-order valence-corrected chi connectivity index (χ4v) is 2.60. The smallest absolute Gasteiger partial charge is 0.311 e. The Morgan fingerprint density at radius 3 is 2.38 bits per heavy atom. The molecule has 1 saturated heterocycles. The molecule has 0 aromatic heterocycles. The quantitative estimate of drug-likeness (QED) is 0.575. The van der Waals surface area contributed by atoms with E-state index in [1.54, 1.807) is 18.7 Å². The van der Waals surface area contributed by atoms with Crippen LogP contribution in [0.2, 0.25) is 0 Å². The van der Waals surface area contributed by atoms with Gasteiger partial charge in [0.2, 0.25) is 0 Å². The van der Waals surface area contributed by atoms with Gasteiger partial charge in [0.05, 0.1) is 12.0 Å². The lowest BCUT2D eigenvalue weighted by atomic mass is 9.81. The van der Waals surface area contributed by atoms with E-state index in [1.165, 1.54) is 6.08 Å². The fourth-order valence-electron chi connectivity index (χ4n) is 2.60. The highest BCUT2D eigenvalue weighted by Gasteiger charge is 2.52. The standard InChI is InChI=1S/C16H27F2NO2/c1-7-8-21-13(20)15(5,6)9-12-10-19(14(2,3)4)11-16(12,17)18/h7,12H,1,8-11H2,2-6H3. The molecule has 0 aliphatic carbocycles. The van der Waals surface area contributed by atoms with Gasteiger partial charge in [-0.15, -0.1) is 0 Å². The molecule has 1 fully saturated rings. The summed E-state index contributed by atoms with van der Waals surface area (Å²) >= 11 is 0. The van der Waals surface area contributed by atoms with Gasteiger partial charge in [0.15, 0.2) is 0 Å². The van der Waals surface area contributed by atoms with Crippen LogP contribution in [0.15, 0.2) is 12.7 Å². The average molecular weight is 303 g/mol. The molecule has 0 N–H and O–H groups in total. The molecule has 1 aliphatic rings. The van der Waals surface area contributed by atoms with Gasteiger partial charge in [0.25, 0.3) is 5.92 Å². The molecule has 3 nitrogen and oxygen atoms in total. The SMILES string of the molecule is C=CCOC(=O)C(C)(C)CC1CN(C(C)(C)C)CC1(F)F. The maximum absolute atomic E-state index is 14.2. The summed E-state index contributed by atoms with van der Waals surface area (Å²) < 4.78 is 33.5. The van der Waals surface area contributed by atoms with Gasteiger partial charge < -0.3 is 4.74 Å². The van der Waals surface area contributed by atoms with Gasteiger partial charge in [0.1, 0.15) is 6.61 Å². The van der Waals surface area contributed by atoms with Crippen molar-refractivity contribution < 1.29 is 18.3 Å². The third-order valence-corrected chi connectivity index (χ3v) is 4.03. The van der Waals surface area contributed by atoms with Crippen molar-refractivity contribution in [1.29, 1.82) is 0 Å². The second-order valence-corrected chi connectivity index (χ2v) is 7.48. The van der Waals surface area contributed by atoms with E-state index in [2.05, 4.69) is 6.58 Å². The summed E-state index contributed by atoms with van der Waals surface area (Å²) in [6, 6.07) is 0. The molecule has 1 heterocycles. The minimum atomic E-state index is -2.77. The molecule has 0 amide bonds. The molecule has 1 rings (SSSR count). The van der Waals surface area contributed by atoms with Crippen LogP contribution in [0, 0.1) is 11.3 Å². The van der Waals surface area contributed by atoms with Gasteiger partial charge >= 0.3 is 5.97 Å². The second-order valence-electron chi connectivity index (χ2n) is 7.48. The van der Waals surface area contributed by atoms with E-state index in [0.717, 1.165) is 0 Å². The van der Waals surface area contributed by atoms with Crippen molar-refractivity contribution in [3.8, 4) is 0 Å². The van der Waals surface area contributed by atoms with Gasteiger partial charge in [-0.05, 0) is 41.0 Å². The minimum absolute atomic E-state index is 0.109. The van der Waals surface area contributed by atoms with Crippen LogP contribution in [0.25, 0.3) is 0 Å². The second kappa shape index (κ2) is 6.03. The predicted octanol–water partition coefficient (Wildman–Crippen LogP) is 3.50. The molecule has 0 spiro atoms. The van der Waals surface area contributed by atoms with Gasteiger partial charge in [0, 0.05) is 18.0 Å². The Hall–Kier alpha value is -0.970. The highest BCUT2D eigenvalue weighted by molar-refractivity contribution is 5.76. The van der Waals surface area contributed by atoms with Crippen molar-refractivity contribution in [1.82, 2.24) is 4.90 Å². The first-order valence-electron chi connectivity index (χ1n) is 7.31. The topological polar surface area (TPSA) is 29.5 Å². The molecule has 21 heavy (non-hydrogen) atoms. The molecule has 1 unspecified atom stereocenters. The van der Waals surface area contributed by atoms with E-state index in [9.17, 15) is 13.6 Å². The lowest BCUT2D eigenvalue weighted by Crippen LogP contribution is -2.40. The van der Waals surface area contributed by atoms with Crippen LogP contribution in [0.4, 0.5) is 8.78 Å². The molecule has 0 saturated carbocycles. The molecule has 0 bridgehead atoms. The zero-order valence-corrected chi connectivity index (χ0v) is 13.7. The van der Waals surface area contributed by atoms with Crippen LogP contribution < -0.4 is 0 Å². The number of halogens is 2. The number of carbonyl (C=O) groups is 1. The van der Waals surface area contributed by atoms with Crippen molar-refractivity contribution in [3.05, 3.63) is 12.7 Å². The monoisotopic (exact) mass is 303 g/mol. The van der Waals surface area contributed by atoms with Crippen LogP contribution in [-0.4, -0.2) is 42.0 Å². The summed E-state index contributed by atoms with van der Waals surface area (Å²) in [5.74, 6) is -4.06. The van der Waals surface area contributed by atoms with Gasteiger partial charge in [-0.1, -0.05) is 12.7 Å².